The maximum absolute atomic E-state index is 3.59. The number of halogens is 1. The van der Waals surface area contributed by atoms with E-state index in [4.69, 9.17) is 0 Å². The highest BCUT2D eigenvalue weighted by Gasteiger charge is 2.12. The lowest BCUT2D eigenvalue weighted by molar-refractivity contribution is 0.414. The Labute approximate surface area is 106 Å². The van der Waals surface area contributed by atoms with Gasteiger partial charge in [-0.05, 0) is 59.9 Å². The summed E-state index contributed by atoms with van der Waals surface area (Å²) >= 11 is 3.59. The molecule has 1 unspecified atom stereocenters. The summed E-state index contributed by atoms with van der Waals surface area (Å²) in [6.45, 7) is 4.29. The molecule has 2 nitrogen and oxygen atoms in total. The quantitative estimate of drug-likeness (QED) is 0.889. The van der Waals surface area contributed by atoms with E-state index in [-0.39, 0.29) is 0 Å². The van der Waals surface area contributed by atoms with Crippen molar-refractivity contribution in [1.29, 1.82) is 0 Å². The number of hydrogen-bond acceptors (Lipinski definition) is 2. The van der Waals surface area contributed by atoms with E-state index in [1.54, 1.807) is 0 Å². The van der Waals surface area contributed by atoms with E-state index < -0.39 is 0 Å². The molecule has 88 valence electrons. The Kier molecular flexibility index (Phi) is 4.24. The smallest absolute Gasteiger partial charge is 0.0485 e. The number of hydrogen-bond donors (Lipinski definition) is 2. The summed E-state index contributed by atoms with van der Waals surface area (Å²) in [5.41, 5.74) is 2.48. The van der Waals surface area contributed by atoms with Gasteiger partial charge in [0.1, 0.15) is 0 Å². The summed E-state index contributed by atoms with van der Waals surface area (Å²) in [4.78, 5) is 0. The molecule has 0 saturated carbocycles. The first-order chi connectivity index (χ1) is 7.75. The Balaban J connectivity index is 1.88. The topological polar surface area (TPSA) is 24.1 Å². The molecule has 1 atom stereocenters. The molecule has 1 aliphatic heterocycles. The molecule has 2 N–H and O–H groups in total. The van der Waals surface area contributed by atoms with E-state index in [9.17, 15) is 0 Å². The molecular weight excluding hydrogens is 264 g/mol. The fourth-order valence-electron chi connectivity index (χ4n) is 2.09. The third-order valence-corrected chi connectivity index (χ3v) is 3.73. The van der Waals surface area contributed by atoms with E-state index in [1.807, 2.05) is 0 Å². The summed E-state index contributed by atoms with van der Waals surface area (Å²) in [6.07, 6.45) is 3.97. The molecule has 0 bridgehead atoms. The van der Waals surface area contributed by atoms with Crippen LogP contribution in [0.15, 0.2) is 22.7 Å². The summed E-state index contributed by atoms with van der Waals surface area (Å²) in [5.74, 6) is 0. The first kappa shape index (κ1) is 11.9. The summed E-state index contributed by atoms with van der Waals surface area (Å²) < 4.78 is 1.16. The molecule has 0 radical (unpaired) electrons. The van der Waals surface area contributed by atoms with Crippen LogP contribution in [0.4, 0.5) is 5.69 Å². The Morgan fingerprint density at radius 1 is 1.44 bits per heavy atom. The number of aryl methyl sites for hydroxylation is 1. The Hall–Kier alpha value is -0.540. The second kappa shape index (κ2) is 5.69. The van der Waals surface area contributed by atoms with Gasteiger partial charge in [0, 0.05) is 22.7 Å². The van der Waals surface area contributed by atoms with Crippen LogP contribution in [0.5, 0.6) is 0 Å². The van der Waals surface area contributed by atoms with Crippen molar-refractivity contribution in [2.45, 2.75) is 32.2 Å². The Morgan fingerprint density at radius 2 is 2.31 bits per heavy atom. The van der Waals surface area contributed by atoms with Crippen LogP contribution in [0, 0.1) is 6.92 Å². The van der Waals surface area contributed by atoms with Gasteiger partial charge < -0.3 is 10.6 Å². The zero-order valence-electron chi connectivity index (χ0n) is 9.72. The molecule has 1 fully saturated rings. The van der Waals surface area contributed by atoms with Crippen molar-refractivity contribution in [3.05, 3.63) is 28.2 Å². The van der Waals surface area contributed by atoms with Gasteiger partial charge >= 0.3 is 0 Å². The fourth-order valence-corrected chi connectivity index (χ4v) is 2.73. The van der Waals surface area contributed by atoms with Gasteiger partial charge in [-0.25, -0.2) is 0 Å². The molecule has 1 saturated heterocycles. The van der Waals surface area contributed by atoms with Crippen LogP contribution in [-0.4, -0.2) is 19.1 Å². The van der Waals surface area contributed by atoms with Crippen molar-refractivity contribution in [3.8, 4) is 0 Å². The van der Waals surface area contributed by atoms with Gasteiger partial charge in [0.2, 0.25) is 0 Å². The predicted molar refractivity (Wildman–Crippen MR) is 73.0 cm³/mol. The first-order valence-electron chi connectivity index (χ1n) is 5.99. The SMILES string of the molecule is Cc1ccc(NCC2CCCCN2)c(Br)c1. The third-order valence-electron chi connectivity index (χ3n) is 3.08. The van der Waals surface area contributed by atoms with Crippen LogP contribution in [0.3, 0.4) is 0 Å². The van der Waals surface area contributed by atoms with Crippen molar-refractivity contribution in [2.75, 3.05) is 18.4 Å². The maximum atomic E-state index is 3.59. The van der Waals surface area contributed by atoms with Crippen LogP contribution >= 0.6 is 15.9 Å². The monoisotopic (exact) mass is 282 g/mol. The van der Waals surface area contributed by atoms with Gasteiger partial charge in [-0.3, -0.25) is 0 Å². The second-order valence-corrected chi connectivity index (χ2v) is 5.37. The van der Waals surface area contributed by atoms with Crippen LogP contribution in [0.2, 0.25) is 0 Å². The van der Waals surface area contributed by atoms with Crippen molar-refractivity contribution in [3.63, 3.8) is 0 Å². The van der Waals surface area contributed by atoms with Gasteiger partial charge in [0.15, 0.2) is 0 Å². The van der Waals surface area contributed by atoms with Crippen LogP contribution in [0.25, 0.3) is 0 Å². The molecule has 0 amide bonds. The lowest BCUT2D eigenvalue weighted by Crippen LogP contribution is -2.39. The molecule has 0 spiro atoms. The third kappa shape index (κ3) is 3.22. The molecule has 3 heteroatoms. The minimum Gasteiger partial charge on any atom is -0.383 e. The molecule has 0 aromatic heterocycles. The summed E-state index contributed by atoms with van der Waals surface area (Å²) in [7, 11) is 0. The van der Waals surface area contributed by atoms with Gasteiger partial charge in [0.25, 0.3) is 0 Å². The second-order valence-electron chi connectivity index (χ2n) is 4.51. The molecule has 1 aliphatic rings. The molecule has 0 aliphatic carbocycles. The number of anilines is 1. The largest absolute Gasteiger partial charge is 0.383 e. The lowest BCUT2D eigenvalue weighted by atomic mass is 10.1. The zero-order chi connectivity index (χ0) is 11.4. The first-order valence-corrected chi connectivity index (χ1v) is 6.78. The lowest BCUT2D eigenvalue weighted by Gasteiger charge is -2.24. The predicted octanol–water partition coefficient (Wildman–Crippen LogP) is 3.31. The van der Waals surface area contributed by atoms with Gasteiger partial charge in [-0.1, -0.05) is 12.5 Å². The number of rotatable bonds is 3. The Bertz CT molecular complexity index is 346. The van der Waals surface area contributed by atoms with Crippen LogP contribution in [-0.2, 0) is 0 Å². The van der Waals surface area contributed by atoms with E-state index in [1.165, 1.54) is 37.1 Å². The highest BCUT2D eigenvalue weighted by Crippen LogP contribution is 2.23. The fraction of sp³-hybridized carbons (Fsp3) is 0.538. The molecule has 16 heavy (non-hydrogen) atoms. The van der Waals surface area contributed by atoms with Crippen molar-refractivity contribution < 1.29 is 0 Å². The normalized spacial score (nSPS) is 20.8. The van der Waals surface area contributed by atoms with Gasteiger partial charge in [-0.2, -0.15) is 0 Å². The minimum absolute atomic E-state index is 0.627. The molecule has 1 heterocycles. The van der Waals surface area contributed by atoms with Crippen molar-refractivity contribution in [1.82, 2.24) is 5.32 Å². The number of benzene rings is 1. The molecular formula is C13H19BrN2. The molecule has 2 rings (SSSR count). The minimum atomic E-state index is 0.627. The maximum Gasteiger partial charge on any atom is 0.0485 e. The van der Waals surface area contributed by atoms with Crippen LogP contribution < -0.4 is 10.6 Å². The molecule has 1 aromatic carbocycles. The van der Waals surface area contributed by atoms with E-state index >= 15 is 0 Å². The number of nitrogens with one attached hydrogen (secondary N) is 2. The van der Waals surface area contributed by atoms with E-state index in [2.05, 4.69) is 51.7 Å². The average molecular weight is 283 g/mol. The summed E-state index contributed by atoms with van der Waals surface area (Å²) in [6, 6.07) is 7.06. The highest BCUT2D eigenvalue weighted by molar-refractivity contribution is 9.10. The van der Waals surface area contributed by atoms with Gasteiger partial charge in [-0.15, -0.1) is 0 Å². The van der Waals surface area contributed by atoms with Crippen molar-refractivity contribution >= 4 is 21.6 Å². The zero-order valence-corrected chi connectivity index (χ0v) is 11.3. The van der Waals surface area contributed by atoms with Crippen LogP contribution in [0.1, 0.15) is 24.8 Å². The summed E-state index contributed by atoms with van der Waals surface area (Å²) in [5, 5.41) is 7.04. The van der Waals surface area contributed by atoms with Crippen molar-refractivity contribution in [2.24, 2.45) is 0 Å². The highest BCUT2D eigenvalue weighted by atomic mass is 79.9. The van der Waals surface area contributed by atoms with E-state index in [0.29, 0.717) is 6.04 Å². The average Bonchev–Trinajstić information content (AvgIpc) is 2.29. The standard InChI is InChI=1S/C13H19BrN2/c1-10-5-6-13(12(14)8-10)16-9-11-4-2-3-7-15-11/h5-6,8,11,15-16H,2-4,7,9H2,1H3. The van der Waals surface area contributed by atoms with Gasteiger partial charge in [0.05, 0.1) is 0 Å². The Morgan fingerprint density at radius 3 is 3.00 bits per heavy atom. The van der Waals surface area contributed by atoms with E-state index in [0.717, 1.165) is 11.0 Å². The number of piperidine rings is 1. The molecule has 1 aromatic rings.